The first-order chi connectivity index (χ1) is 8.13. The number of hydrogen-bond donors (Lipinski definition) is 0. The van der Waals surface area contributed by atoms with Crippen LogP contribution >= 0.6 is 15.9 Å². The highest BCUT2D eigenvalue weighted by Crippen LogP contribution is 2.27. The smallest absolute Gasteiger partial charge is 0.415 e. The predicted octanol–water partition coefficient (Wildman–Crippen LogP) is 3.00. The molecule has 1 aromatic carbocycles. The van der Waals surface area contributed by atoms with Crippen LogP contribution < -0.4 is 4.90 Å². The molecule has 1 aliphatic rings. The zero-order valence-electron chi connectivity index (χ0n) is 9.31. The van der Waals surface area contributed by atoms with Crippen LogP contribution in [0.1, 0.15) is 12.0 Å². The van der Waals surface area contributed by atoms with E-state index in [0.29, 0.717) is 18.7 Å². The maximum atomic E-state index is 11.7. The molecule has 0 radical (unpaired) electrons. The van der Waals surface area contributed by atoms with Gasteiger partial charge in [-0.3, -0.25) is 4.90 Å². The molecule has 0 spiro atoms. The molecule has 4 nitrogen and oxygen atoms in total. The van der Waals surface area contributed by atoms with E-state index in [1.165, 1.54) is 4.90 Å². The molecule has 0 saturated carbocycles. The van der Waals surface area contributed by atoms with Gasteiger partial charge in [0.25, 0.3) is 0 Å². The zero-order chi connectivity index (χ0) is 12.4. The molecule has 1 saturated heterocycles. The molecule has 88 valence electrons. The molecule has 0 aromatic heterocycles. The molecule has 1 aromatic rings. The zero-order valence-corrected chi connectivity index (χ0v) is 10.9. The quantitative estimate of drug-likeness (QED) is 0.800. The summed E-state index contributed by atoms with van der Waals surface area (Å²) in [5.74, 6) is 0. The molecule has 0 bridgehead atoms. The van der Waals surface area contributed by atoms with Gasteiger partial charge >= 0.3 is 6.09 Å². The first-order valence-electron chi connectivity index (χ1n) is 5.25. The number of halogens is 1. The highest BCUT2D eigenvalue weighted by Gasteiger charge is 2.31. The van der Waals surface area contributed by atoms with Crippen LogP contribution in [0.5, 0.6) is 0 Å². The molecule has 1 amide bonds. The summed E-state index contributed by atoms with van der Waals surface area (Å²) in [6.07, 6.45) is 0.0849. The summed E-state index contributed by atoms with van der Waals surface area (Å²) in [6.45, 7) is 2.24. The summed E-state index contributed by atoms with van der Waals surface area (Å²) in [6, 6.07) is 7.21. The third-order valence-electron chi connectivity index (χ3n) is 2.69. The number of cyclic esters (lactones) is 1. The van der Waals surface area contributed by atoms with Gasteiger partial charge in [0.2, 0.25) is 0 Å². The average Bonchev–Trinajstić information content (AvgIpc) is 2.32. The minimum atomic E-state index is -0.454. The fourth-order valence-electron chi connectivity index (χ4n) is 1.77. The van der Waals surface area contributed by atoms with E-state index in [-0.39, 0.29) is 0 Å². The van der Waals surface area contributed by atoms with E-state index in [9.17, 15) is 4.79 Å². The number of anilines is 1. The van der Waals surface area contributed by atoms with Gasteiger partial charge < -0.3 is 4.74 Å². The highest BCUT2D eigenvalue weighted by atomic mass is 79.9. The van der Waals surface area contributed by atoms with Crippen LogP contribution in [0.3, 0.4) is 0 Å². The Hall–Kier alpha value is -1.54. The lowest BCUT2D eigenvalue weighted by Crippen LogP contribution is -2.45. The Morgan fingerprint density at radius 3 is 3.00 bits per heavy atom. The van der Waals surface area contributed by atoms with E-state index in [0.717, 1.165) is 10.0 Å². The summed E-state index contributed by atoms with van der Waals surface area (Å²) in [5, 5.41) is 9.06. The molecule has 1 fully saturated rings. The number of aryl methyl sites for hydroxylation is 1. The fourth-order valence-corrected chi connectivity index (χ4v) is 2.02. The fraction of sp³-hybridized carbons (Fsp3) is 0.333. The monoisotopic (exact) mass is 294 g/mol. The van der Waals surface area contributed by atoms with Crippen molar-refractivity contribution >= 4 is 27.7 Å². The van der Waals surface area contributed by atoms with Crippen LogP contribution in [0.25, 0.3) is 0 Å². The number of nitriles is 1. The van der Waals surface area contributed by atoms with Gasteiger partial charge in [-0.05, 0) is 30.7 Å². The van der Waals surface area contributed by atoms with E-state index < -0.39 is 12.1 Å². The molecule has 0 aliphatic carbocycles. The van der Waals surface area contributed by atoms with E-state index in [4.69, 9.17) is 10.00 Å². The van der Waals surface area contributed by atoms with Crippen molar-refractivity contribution in [2.75, 3.05) is 11.5 Å². The van der Waals surface area contributed by atoms with Crippen molar-refractivity contribution in [2.24, 2.45) is 0 Å². The third kappa shape index (κ3) is 2.27. The Labute approximate surface area is 108 Å². The molecule has 5 heteroatoms. The number of carbonyl (C=O) groups is 1. The van der Waals surface area contributed by atoms with Crippen molar-refractivity contribution in [3.8, 4) is 6.07 Å². The predicted molar refractivity (Wildman–Crippen MR) is 66.7 cm³/mol. The first-order valence-corrected chi connectivity index (χ1v) is 6.04. The average molecular weight is 295 g/mol. The lowest BCUT2D eigenvalue weighted by Gasteiger charge is -2.30. The first kappa shape index (κ1) is 11.9. The van der Waals surface area contributed by atoms with Gasteiger partial charge in [-0.2, -0.15) is 5.26 Å². The van der Waals surface area contributed by atoms with Crippen molar-refractivity contribution in [3.05, 3.63) is 28.2 Å². The molecule has 1 heterocycles. The normalized spacial score (nSPS) is 19.7. The second-order valence-electron chi connectivity index (χ2n) is 3.85. The molecule has 0 N–H and O–H groups in total. The maximum absolute atomic E-state index is 11.7. The summed E-state index contributed by atoms with van der Waals surface area (Å²) >= 11 is 3.40. The van der Waals surface area contributed by atoms with Crippen LogP contribution in [-0.2, 0) is 4.74 Å². The standard InChI is InChI=1S/C12H11BrN2O2/c1-8-6-9(2-3-11(8)13)15-10(7-14)4-5-17-12(15)16/h2-3,6,10H,4-5H2,1H3. The van der Waals surface area contributed by atoms with Crippen LogP contribution in [-0.4, -0.2) is 18.7 Å². The maximum Gasteiger partial charge on any atom is 0.415 e. The lowest BCUT2D eigenvalue weighted by molar-refractivity contribution is 0.134. The van der Waals surface area contributed by atoms with Gasteiger partial charge in [0, 0.05) is 16.6 Å². The Morgan fingerprint density at radius 1 is 1.59 bits per heavy atom. The topological polar surface area (TPSA) is 53.3 Å². The van der Waals surface area contributed by atoms with Gasteiger partial charge in [0.05, 0.1) is 12.7 Å². The SMILES string of the molecule is Cc1cc(N2C(=O)OCCC2C#N)ccc1Br. The van der Waals surface area contributed by atoms with Crippen molar-refractivity contribution in [1.82, 2.24) is 0 Å². The number of amides is 1. The Bertz CT molecular complexity index is 496. The Morgan fingerprint density at radius 2 is 2.35 bits per heavy atom. The van der Waals surface area contributed by atoms with E-state index in [1.54, 1.807) is 6.07 Å². The largest absolute Gasteiger partial charge is 0.449 e. The molecule has 1 aliphatic heterocycles. The number of nitrogens with zero attached hydrogens (tertiary/aromatic N) is 2. The number of rotatable bonds is 1. The summed E-state index contributed by atoms with van der Waals surface area (Å²) in [5.41, 5.74) is 1.71. The van der Waals surface area contributed by atoms with Crippen molar-refractivity contribution in [3.63, 3.8) is 0 Å². The second kappa shape index (κ2) is 4.76. The van der Waals surface area contributed by atoms with Gasteiger partial charge in [0.1, 0.15) is 6.04 Å². The number of benzene rings is 1. The minimum Gasteiger partial charge on any atom is -0.449 e. The summed E-state index contributed by atoms with van der Waals surface area (Å²) in [7, 11) is 0. The second-order valence-corrected chi connectivity index (χ2v) is 4.71. The van der Waals surface area contributed by atoms with Crippen molar-refractivity contribution < 1.29 is 9.53 Å². The molecule has 1 unspecified atom stereocenters. The highest BCUT2D eigenvalue weighted by molar-refractivity contribution is 9.10. The van der Waals surface area contributed by atoms with Crippen molar-refractivity contribution in [2.45, 2.75) is 19.4 Å². The van der Waals surface area contributed by atoms with Crippen LogP contribution in [0.15, 0.2) is 22.7 Å². The number of ether oxygens (including phenoxy) is 1. The van der Waals surface area contributed by atoms with Crippen LogP contribution in [0, 0.1) is 18.3 Å². The van der Waals surface area contributed by atoms with Crippen molar-refractivity contribution in [1.29, 1.82) is 5.26 Å². The molecule has 2 rings (SSSR count). The van der Waals surface area contributed by atoms with Crippen LogP contribution in [0.4, 0.5) is 10.5 Å². The summed E-state index contributed by atoms with van der Waals surface area (Å²) in [4.78, 5) is 13.1. The van der Waals surface area contributed by atoms with E-state index in [2.05, 4.69) is 22.0 Å². The van der Waals surface area contributed by atoms with E-state index >= 15 is 0 Å². The summed E-state index contributed by atoms with van der Waals surface area (Å²) < 4.78 is 5.94. The third-order valence-corrected chi connectivity index (χ3v) is 3.58. The van der Waals surface area contributed by atoms with Gasteiger partial charge in [-0.15, -0.1) is 0 Å². The van der Waals surface area contributed by atoms with Gasteiger partial charge in [0.15, 0.2) is 0 Å². The molecular weight excluding hydrogens is 284 g/mol. The molecular formula is C12H11BrN2O2. The molecule has 17 heavy (non-hydrogen) atoms. The minimum absolute atomic E-state index is 0.309. The number of carbonyl (C=O) groups excluding carboxylic acids is 1. The Kier molecular flexibility index (Phi) is 3.34. The number of hydrogen-bond acceptors (Lipinski definition) is 3. The van der Waals surface area contributed by atoms with Crippen LogP contribution in [0.2, 0.25) is 0 Å². The Balaban J connectivity index is 2.39. The molecule has 1 atom stereocenters. The van der Waals surface area contributed by atoms with Gasteiger partial charge in [-0.1, -0.05) is 15.9 Å². The lowest BCUT2D eigenvalue weighted by atomic mass is 10.1. The van der Waals surface area contributed by atoms with E-state index in [1.807, 2.05) is 19.1 Å². The van der Waals surface area contributed by atoms with Gasteiger partial charge in [-0.25, -0.2) is 4.79 Å².